The van der Waals surface area contributed by atoms with Gasteiger partial charge in [-0.2, -0.15) is 0 Å². The highest BCUT2D eigenvalue weighted by Crippen LogP contribution is 2.28. The van der Waals surface area contributed by atoms with E-state index >= 15 is 0 Å². The molecule has 3 N–H and O–H groups in total. The molecule has 0 radical (unpaired) electrons. The second kappa shape index (κ2) is 11.7. The minimum atomic E-state index is -1.00. The van der Waals surface area contributed by atoms with Crippen molar-refractivity contribution in [1.29, 1.82) is 0 Å². The molecule has 0 saturated heterocycles. The summed E-state index contributed by atoms with van der Waals surface area (Å²) in [7, 11) is 3.21. The normalized spacial score (nSPS) is 12.3. The minimum Gasteiger partial charge on any atom is -0.481 e. The highest BCUT2D eigenvalue weighted by atomic mass is 16.6. The van der Waals surface area contributed by atoms with Crippen LogP contribution in [0, 0.1) is 0 Å². The van der Waals surface area contributed by atoms with Gasteiger partial charge in [0, 0.05) is 25.3 Å². The highest BCUT2D eigenvalue weighted by molar-refractivity contribution is 6.05. The zero-order valence-corrected chi connectivity index (χ0v) is 22.5. The van der Waals surface area contributed by atoms with E-state index in [0.717, 1.165) is 5.56 Å². The van der Waals surface area contributed by atoms with Crippen LogP contribution in [0.15, 0.2) is 83.7 Å². The molecule has 0 aliphatic rings. The van der Waals surface area contributed by atoms with Crippen molar-refractivity contribution in [2.24, 2.45) is 14.1 Å². The molecule has 2 unspecified atom stereocenters. The number of para-hydroxylation sites is 1. The van der Waals surface area contributed by atoms with Crippen LogP contribution < -0.4 is 16.2 Å². The number of carboxylic acid groups (broad SMARTS) is 1. The zero-order chi connectivity index (χ0) is 29.0. The molecule has 0 saturated carbocycles. The van der Waals surface area contributed by atoms with E-state index < -0.39 is 30.0 Å². The first-order valence-electron chi connectivity index (χ1n) is 12.6. The molecule has 4 rings (SSSR count). The number of benzene rings is 3. The lowest BCUT2D eigenvalue weighted by molar-refractivity contribution is -0.138. The summed E-state index contributed by atoms with van der Waals surface area (Å²) >= 11 is 0. The van der Waals surface area contributed by atoms with Crippen LogP contribution >= 0.6 is 0 Å². The minimum absolute atomic E-state index is 0.238. The smallest absolute Gasteiger partial charge is 0.413 e. The molecule has 0 aliphatic carbocycles. The van der Waals surface area contributed by atoms with E-state index in [9.17, 15) is 24.3 Å². The fraction of sp³-hybridized carbons (Fsp3) is 0.200. The number of hydrogen-bond donors (Lipinski definition) is 3. The molecule has 2 atom stereocenters. The molecule has 3 aromatic carbocycles. The van der Waals surface area contributed by atoms with Crippen LogP contribution in [0.3, 0.4) is 0 Å². The first-order chi connectivity index (χ1) is 19.1. The molecule has 2 amide bonds. The van der Waals surface area contributed by atoms with Crippen molar-refractivity contribution in [3.63, 3.8) is 0 Å². The van der Waals surface area contributed by atoms with Crippen LogP contribution in [0.1, 0.15) is 47.4 Å². The lowest BCUT2D eigenvalue weighted by Crippen LogP contribution is -2.20. The number of nitrogens with zero attached hydrogens (tertiary/aromatic N) is 2. The Bertz CT molecular complexity index is 1610. The number of carbonyl (C=O) groups excluding carboxylic acids is 2. The third-order valence-corrected chi connectivity index (χ3v) is 6.77. The summed E-state index contributed by atoms with van der Waals surface area (Å²) < 4.78 is 8.38. The van der Waals surface area contributed by atoms with Crippen LogP contribution in [0.2, 0.25) is 0 Å². The lowest BCUT2D eigenvalue weighted by atomic mass is 9.99. The number of aromatic nitrogens is 2. The van der Waals surface area contributed by atoms with E-state index in [4.69, 9.17) is 4.74 Å². The van der Waals surface area contributed by atoms with Crippen molar-refractivity contribution in [2.45, 2.75) is 25.9 Å². The number of ether oxygens (including phenoxy) is 1. The van der Waals surface area contributed by atoms with Gasteiger partial charge in [0.25, 0.3) is 11.5 Å². The van der Waals surface area contributed by atoms with E-state index in [0.29, 0.717) is 22.4 Å². The third-order valence-electron chi connectivity index (χ3n) is 6.77. The van der Waals surface area contributed by atoms with Gasteiger partial charge in [-0.15, -0.1) is 0 Å². The topological polar surface area (TPSA) is 132 Å². The summed E-state index contributed by atoms with van der Waals surface area (Å²) in [6.07, 6.45) is -1.23. The molecule has 10 nitrogen and oxygen atoms in total. The summed E-state index contributed by atoms with van der Waals surface area (Å²) in [4.78, 5) is 50.2. The van der Waals surface area contributed by atoms with E-state index in [1.165, 1.54) is 9.36 Å². The number of aliphatic carboxylic acids is 1. The molecule has 1 heterocycles. The monoisotopic (exact) mass is 542 g/mol. The predicted molar refractivity (Wildman–Crippen MR) is 151 cm³/mol. The van der Waals surface area contributed by atoms with Crippen molar-refractivity contribution in [2.75, 3.05) is 10.6 Å². The largest absolute Gasteiger partial charge is 0.481 e. The number of carbonyl (C=O) groups is 3. The quantitative estimate of drug-likeness (QED) is 0.283. The van der Waals surface area contributed by atoms with Crippen molar-refractivity contribution in [1.82, 2.24) is 9.36 Å². The fourth-order valence-corrected chi connectivity index (χ4v) is 4.30. The summed E-state index contributed by atoms with van der Waals surface area (Å²) in [5.41, 5.74) is 2.40. The van der Waals surface area contributed by atoms with Crippen LogP contribution in [0.25, 0.3) is 11.1 Å². The van der Waals surface area contributed by atoms with Gasteiger partial charge < -0.3 is 15.2 Å². The van der Waals surface area contributed by atoms with Gasteiger partial charge in [-0.1, -0.05) is 60.7 Å². The number of hydrogen-bond acceptors (Lipinski definition) is 5. The van der Waals surface area contributed by atoms with Gasteiger partial charge in [0.2, 0.25) is 0 Å². The Morgan fingerprint density at radius 1 is 0.825 bits per heavy atom. The number of carboxylic acids is 1. The average Bonchev–Trinajstić information content (AvgIpc) is 3.16. The number of anilines is 2. The Balaban J connectivity index is 1.55. The molecule has 0 fully saturated rings. The van der Waals surface area contributed by atoms with E-state index in [1.54, 1.807) is 76.5 Å². The Morgan fingerprint density at radius 2 is 1.45 bits per heavy atom. The maximum Gasteiger partial charge on any atom is 0.413 e. The maximum atomic E-state index is 13.1. The van der Waals surface area contributed by atoms with Crippen molar-refractivity contribution in [3.05, 3.63) is 106 Å². The summed E-state index contributed by atoms with van der Waals surface area (Å²) in [5, 5.41) is 14.8. The number of nitrogens with one attached hydrogen (secondary N) is 2. The van der Waals surface area contributed by atoms with Crippen LogP contribution in [-0.2, 0) is 23.6 Å². The predicted octanol–water partition coefficient (Wildman–Crippen LogP) is 5.14. The van der Waals surface area contributed by atoms with Crippen molar-refractivity contribution >= 4 is 29.5 Å². The Kier molecular flexibility index (Phi) is 8.18. The first kappa shape index (κ1) is 27.9. The molecule has 206 valence electrons. The molecule has 0 aliphatic heterocycles. The van der Waals surface area contributed by atoms with Crippen molar-refractivity contribution < 1.29 is 24.2 Å². The lowest BCUT2D eigenvalue weighted by Gasteiger charge is -2.15. The Morgan fingerprint density at radius 3 is 2.10 bits per heavy atom. The van der Waals surface area contributed by atoms with Crippen LogP contribution in [-0.4, -0.2) is 32.4 Å². The van der Waals surface area contributed by atoms with E-state index in [1.807, 2.05) is 30.3 Å². The van der Waals surface area contributed by atoms with Gasteiger partial charge in [0.05, 0.1) is 11.5 Å². The van der Waals surface area contributed by atoms with Gasteiger partial charge in [0.1, 0.15) is 11.9 Å². The molecule has 40 heavy (non-hydrogen) atoms. The molecular formula is C30H30N4O6. The van der Waals surface area contributed by atoms with Crippen LogP contribution in [0.5, 0.6) is 0 Å². The summed E-state index contributed by atoms with van der Waals surface area (Å²) in [6, 6.07) is 22.3. The Hall–Kier alpha value is -5.12. The zero-order valence-electron chi connectivity index (χ0n) is 22.5. The number of amides is 2. The second-order valence-electron chi connectivity index (χ2n) is 9.34. The standard InChI is InChI=1S/C30H30N4O6/c1-18(29(37)38)23-12-8-9-13-24(23)31-27(35)22-16-14-21(15-17-22)25-26(33(3)34(4)28(25)36)32-30(39)40-19(2)20-10-6-5-7-11-20/h5-19H,1-4H3,(H,31,35)(H,32,39)(H,37,38). The molecule has 0 bridgehead atoms. The maximum absolute atomic E-state index is 13.1. The highest BCUT2D eigenvalue weighted by Gasteiger charge is 2.23. The van der Waals surface area contributed by atoms with Gasteiger partial charge in [-0.3, -0.25) is 29.1 Å². The molecule has 10 heteroatoms. The second-order valence-corrected chi connectivity index (χ2v) is 9.34. The third kappa shape index (κ3) is 5.80. The van der Waals surface area contributed by atoms with E-state index in [-0.39, 0.29) is 16.9 Å². The van der Waals surface area contributed by atoms with Gasteiger partial charge >= 0.3 is 12.1 Å². The SMILES string of the molecule is CC(OC(=O)Nc1c(-c2ccc(C(=O)Nc3ccccc3C(C)C(=O)O)cc2)c(=O)n(C)n1C)c1ccccc1. The first-order valence-corrected chi connectivity index (χ1v) is 12.6. The molecular weight excluding hydrogens is 512 g/mol. The molecule has 0 spiro atoms. The summed E-state index contributed by atoms with van der Waals surface area (Å²) in [5.74, 6) is -2.00. The summed E-state index contributed by atoms with van der Waals surface area (Å²) in [6.45, 7) is 3.30. The fourth-order valence-electron chi connectivity index (χ4n) is 4.30. The average molecular weight is 543 g/mol. The molecule has 1 aromatic heterocycles. The van der Waals surface area contributed by atoms with Gasteiger partial charge in [-0.25, -0.2) is 4.79 Å². The van der Waals surface area contributed by atoms with Gasteiger partial charge in [0.15, 0.2) is 0 Å². The van der Waals surface area contributed by atoms with Crippen molar-refractivity contribution in [3.8, 4) is 11.1 Å². The molecule has 4 aromatic rings. The van der Waals surface area contributed by atoms with Gasteiger partial charge in [-0.05, 0) is 48.7 Å². The number of rotatable bonds is 8. The van der Waals surface area contributed by atoms with Crippen LogP contribution in [0.4, 0.5) is 16.3 Å². The Labute approximate surface area is 230 Å². The van der Waals surface area contributed by atoms with E-state index in [2.05, 4.69) is 10.6 Å².